The van der Waals surface area contributed by atoms with Crippen LogP contribution in [0.4, 0.5) is 36.8 Å². The Labute approximate surface area is 160 Å². The predicted molar refractivity (Wildman–Crippen MR) is 89.1 cm³/mol. The molecule has 12 heteroatoms. The lowest BCUT2D eigenvalue weighted by Crippen LogP contribution is -2.32. The standard InChI is InChI=1S/C17H16F6N4O2/c18-16(19,20)10-2-1-3-11(8-10)25-15(28)24-5-6-27-13-4-7-29-9-12(13)14(26-27)17(21,22)23/h1-3,8H,4-7,9H2,(H2,24,25,28). The second-order valence-electron chi connectivity index (χ2n) is 6.26. The van der Waals surface area contributed by atoms with Crippen molar-refractivity contribution in [3.05, 3.63) is 46.8 Å². The van der Waals surface area contributed by atoms with E-state index >= 15 is 0 Å². The highest BCUT2D eigenvalue weighted by molar-refractivity contribution is 5.89. The van der Waals surface area contributed by atoms with Crippen LogP contribution >= 0.6 is 0 Å². The predicted octanol–water partition coefficient (Wildman–Crippen LogP) is 3.82. The number of carbonyl (C=O) groups is 1. The topological polar surface area (TPSA) is 68.2 Å². The van der Waals surface area contributed by atoms with Gasteiger partial charge in [0.05, 0.1) is 25.3 Å². The van der Waals surface area contributed by atoms with Crippen molar-refractivity contribution < 1.29 is 35.9 Å². The van der Waals surface area contributed by atoms with E-state index in [9.17, 15) is 31.1 Å². The molecule has 1 aromatic heterocycles. The zero-order chi connectivity index (χ0) is 21.2. The summed E-state index contributed by atoms with van der Waals surface area (Å²) >= 11 is 0. The van der Waals surface area contributed by atoms with Gasteiger partial charge in [0.1, 0.15) is 0 Å². The van der Waals surface area contributed by atoms with E-state index in [1.807, 2.05) is 0 Å². The molecule has 2 heterocycles. The highest BCUT2D eigenvalue weighted by Gasteiger charge is 2.39. The lowest BCUT2D eigenvalue weighted by Gasteiger charge is -2.15. The molecular weight excluding hydrogens is 406 g/mol. The molecule has 0 aliphatic carbocycles. The van der Waals surface area contributed by atoms with Crippen molar-refractivity contribution in [1.82, 2.24) is 15.1 Å². The van der Waals surface area contributed by atoms with E-state index in [4.69, 9.17) is 4.74 Å². The van der Waals surface area contributed by atoms with Gasteiger partial charge in [-0.3, -0.25) is 4.68 Å². The molecule has 6 nitrogen and oxygen atoms in total. The first-order valence-corrected chi connectivity index (χ1v) is 8.51. The van der Waals surface area contributed by atoms with Crippen LogP contribution in [0.3, 0.4) is 0 Å². The fraction of sp³-hybridized carbons (Fsp3) is 0.412. The number of rotatable bonds is 4. The van der Waals surface area contributed by atoms with Crippen LogP contribution in [-0.4, -0.2) is 29.0 Å². The van der Waals surface area contributed by atoms with Crippen LogP contribution in [0.5, 0.6) is 0 Å². The fourth-order valence-corrected chi connectivity index (χ4v) is 2.95. The van der Waals surface area contributed by atoms with Gasteiger partial charge in [-0.05, 0) is 18.2 Å². The first-order valence-electron chi connectivity index (χ1n) is 8.51. The molecule has 2 amide bonds. The number of nitrogens with one attached hydrogen (secondary N) is 2. The molecule has 1 aliphatic heterocycles. The minimum Gasteiger partial charge on any atom is -0.376 e. The van der Waals surface area contributed by atoms with E-state index in [0.717, 1.165) is 18.2 Å². The molecule has 29 heavy (non-hydrogen) atoms. The average molecular weight is 422 g/mol. The highest BCUT2D eigenvalue weighted by Crippen LogP contribution is 2.34. The molecule has 1 aliphatic rings. The Morgan fingerprint density at radius 3 is 2.62 bits per heavy atom. The molecular formula is C17H16F6N4O2. The van der Waals surface area contributed by atoms with Crippen LogP contribution in [0.25, 0.3) is 0 Å². The second kappa shape index (κ2) is 7.93. The van der Waals surface area contributed by atoms with E-state index in [-0.39, 0.29) is 44.0 Å². The van der Waals surface area contributed by atoms with Crippen molar-refractivity contribution in [2.75, 3.05) is 18.5 Å². The summed E-state index contributed by atoms with van der Waals surface area (Å²) in [6.45, 7) is -0.0292. The summed E-state index contributed by atoms with van der Waals surface area (Å²) in [6.07, 6.45) is -8.91. The lowest BCUT2D eigenvalue weighted by molar-refractivity contribution is -0.143. The molecule has 0 unspecified atom stereocenters. The molecule has 3 rings (SSSR count). The second-order valence-corrected chi connectivity index (χ2v) is 6.26. The van der Waals surface area contributed by atoms with Crippen LogP contribution in [0.15, 0.2) is 24.3 Å². The molecule has 0 spiro atoms. The SMILES string of the molecule is O=C(NCCn1nc(C(F)(F)F)c2c1CCOC2)Nc1cccc(C(F)(F)F)c1. The number of fused-ring (bicyclic) bond motifs is 1. The maximum absolute atomic E-state index is 13.1. The van der Waals surface area contributed by atoms with Crippen molar-refractivity contribution >= 4 is 11.7 Å². The van der Waals surface area contributed by atoms with Crippen LogP contribution < -0.4 is 10.6 Å². The third-order valence-electron chi connectivity index (χ3n) is 4.22. The number of hydrogen-bond donors (Lipinski definition) is 2. The van der Waals surface area contributed by atoms with Crippen molar-refractivity contribution in [3.63, 3.8) is 0 Å². The van der Waals surface area contributed by atoms with E-state index < -0.39 is 29.6 Å². The van der Waals surface area contributed by atoms with Crippen molar-refractivity contribution in [2.24, 2.45) is 0 Å². The quantitative estimate of drug-likeness (QED) is 0.737. The van der Waals surface area contributed by atoms with Gasteiger partial charge in [-0.2, -0.15) is 31.4 Å². The summed E-state index contributed by atoms with van der Waals surface area (Å²) in [5.41, 5.74) is -1.62. The zero-order valence-corrected chi connectivity index (χ0v) is 14.8. The first kappa shape index (κ1) is 21.0. The number of urea groups is 1. The van der Waals surface area contributed by atoms with Gasteiger partial charge in [-0.25, -0.2) is 4.79 Å². The Morgan fingerprint density at radius 1 is 1.17 bits per heavy atom. The Balaban J connectivity index is 1.61. The number of benzene rings is 1. The molecule has 0 bridgehead atoms. The molecule has 2 aromatic rings. The number of amides is 2. The molecule has 158 valence electrons. The summed E-state index contributed by atoms with van der Waals surface area (Å²) in [5.74, 6) is 0. The van der Waals surface area contributed by atoms with Gasteiger partial charge < -0.3 is 15.4 Å². The van der Waals surface area contributed by atoms with E-state index in [2.05, 4.69) is 15.7 Å². The molecule has 0 atom stereocenters. The number of nitrogens with zero attached hydrogens (tertiary/aromatic N) is 2. The normalized spacial score (nSPS) is 14.4. The molecule has 0 saturated heterocycles. The van der Waals surface area contributed by atoms with Crippen LogP contribution in [0, 0.1) is 0 Å². The number of carbonyl (C=O) groups excluding carboxylic acids is 1. The van der Waals surface area contributed by atoms with Gasteiger partial charge in [0.2, 0.25) is 0 Å². The third kappa shape index (κ3) is 5.00. The molecule has 0 radical (unpaired) electrons. The molecule has 2 N–H and O–H groups in total. The molecule has 0 saturated carbocycles. The third-order valence-corrected chi connectivity index (χ3v) is 4.22. The average Bonchev–Trinajstić information content (AvgIpc) is 3.01. The number of anilines is 1. The molecule has 0 fully saturated rings. The van der Waals surface area contributed by atoms with Crippen molar-refractivity contribution in [2.45, 2.75) is 31.9 Å². The fourth-order valence-electron chi connectivity index (χ4n) is 2.95. The maximum Gasteiger partial charge on any atom is 0.435 e. The lowest BCUT2D eigenvalue weighted by atomic mass is 10.1. The summed E-state index contributed by atoms with van der Waals surface area (Å²) in [4.78, 5) is 11.9. The summed E-state index contributed by atoms with van der Waals surface area (Å²) < 4.78 is 83.6. The van der Waals surface area contributed by atoms with Gasteiger partial charge >= 0.3 is 18.4 Å². The summed E-state index contributed by atoms with van der Waals surface area (Å²) in [5, 5.41) is 8.24. The smallest absolute Gasteiger partial charge is 0.376 e. The van der Waals surface area contributed by atoms with E-state index in [1.54, 1.807) is 0 Å². The minimum atomic E-state index is -4.62. The maximum atomic E-state index is 13.1. The van der Waals surface area contributed by atoms with E-state index in [0.29, 0.717) is 5.69 Å². The Kier molecular flexibility index (Phi) is 5.73. The Bertz CT molecular complexity index is 891. The monoisotopic (exact) mass is 422 g/mol. The summed E-state index contributed by atoms with van der Waals surface area (Å²) in [7, 11) is 0. The van der Waals surface area contributed by atoms with Crippen LogP contribution in [-0.2, 0) is 36.7 Å². The van der Waals surface area contributed by atoms with Crippen LogP contribution in [0.2, 0.25) is 0 Å². The van der Waals surface area contributed by atoms with Gasteiger partial charge in [-0.1, -0.05) is 6.07 Å². The van der Waals surface area contributed by atoms with Crippen molar-refractivity contribution in [1.29, 1.82) is 0 Å². The Morgan fingerprint density at radius 2 is 1.93 bits per heavy atom. The van der Waals surface area contributed by atoms with Crippen LogP contribution in [0.1, 0.15) is 22.5 Å². The number of alkyl halides is 6. The molecule has 1 aromatic carbocycles. The van der Waals surface area contributed by atoms with Gasteiger partial charge in [0.25, 0.3) is 0 Å². The Hall–Kier alpha value is -2.76. The number of aromatic nitrogens is 2. The zero-order valence-electron chi connectivity index (χ0n) is 14.8. The minimum absolute atomic E-state index is 0.0165. The highest BCUT2D eigenvalue weighted by atomic mass is 19.4. The largest absolute Gasteiger partial charge is 0.435 e. The van der Waals surface area contributed by atoms with E-state index in [1.165, 1.54) is 10.7 Å². The number of hydrogen-bond acceptors (Lipinski definition) is 3. The van der Waals surface area contributed by atoms with Gasteiger partial charge in [0.15, 0.2) is 5.69 Å². The number of halogens is 6. The van der Waals surface area contributed by atoms with Gasteiger partial charge in [-0.15, -0.1) is 0 Å². The van der Waals surface area contributed by atoms with Gasteiger partial charge in [0, 0.05) is 29.9 Å². The van der Waals surface area contributed by atoms with Crippen molar-refractivity contribution in [3.8, 4) is 0 Å². The first-order chi connectivity index (χ1) is 13.6. The number of ether oxygens (including phenoxy) is 1. The summed E-state index contributed by atoms with van der Waals surface area (Å²) in [6, 6.07) is 3.29.